The number of aliphatic imine (C=N–C) groups is 1. The summed E-state index contributed by atoms with van der Waals surface area (Å²) in [4.78, 5) is 43.3. The van der Waals surface area contributed by atoms with Crippen molar-refractivity contribution in [3.05, 3.63) is 46.7 Å². The van der Waals surface area contributed by atoms with Gasteiger partial charge >= 0.3 is 0 Å². The number of Topliss-reactive ketones (excluding diaryl/α,β-unsaturated/α-hetero) is 1. The summed E-state index contributed by atoms with van der Waals surface area (Å²) in [5, 5.41) is 10.7. The number of aliphatic hydroxyl groups is 1. The highest BCUT2D eigenvalue weighted by molar-refractivity contribution is 6.24. The standard InChI is InChI=1S/C23H28N2O4/c1-4-11-24-17-13-23(2,3)14-19(27)20(17)18(26)10-7-12-25-21(28)15-8-5-6-9-16(15)22(25)29/h5-6,8-9,26H,4,7,10-14H2,1-3H3. The molecule has 0 saturated heterocycles. The number of benzene rings is 1. The number of carbonyl (C=O) groups excluding carboxylic acids is 3. The van der Waals surface area contributed by atoms with Crippen molar-refractivity contribution in [1.29, 1.82) is 0 Å². The van der Waals surface area contributed by atoms with Gasteiger partial charge in [-0.2, -0.15) is 0 Å². The minimum atomic E-state index is -0.307. The molecule has 1 aliphatic carbocycles. The zero-order valence-corrected chi connectivity index (χ0v) is 17.3. The van der Waals surface area contributed by atoms with Crippen LogP contribution in [-0.4, -0.2) is 46.4 Å². The number of hydrogen-bond donors (Lipinski definition) is 1. The first kappa shape index (κ1) is 21.0. The second-order valence-electron chi connectivity index (χ2n) is 8.50. The Kier molecular flexibility index (Phi) is 6.01. The molecule has 1 aromatic rings. The summed E-state index contributed by atoms with van der Waals surface area (Å²) < 4.78 is 0. The van der Waals surface area contributed by atoms with Crippen LogP contribution in [0, 0.1) is 5.41 Å². The monoisotopic (exact) mass is 396 g/mol. The molecule has 0 radical (unpaired) electrons. The first-order valence-electron chi connectivity index (χ1n) is 10.2. The van der Waals surface area contributed by atoms with Gasteiger partial charge in [-0.05, 0) is 36.8 Å². The highest BCUT2D eigenvalue weighted by Gasteiger charge is 2.37. The van der Waals surface area contributed by atoms with Crippen molar-refractivity contribution in [2.24, 2.45) is 10.4 Å². The first-order valence-corrected chi connectivity index (χ1v) is 10.2. The molecule has 2 amide bonds. The summed E-state index contributed by atoms with van der Waals surface area (Å²) in [6, 6.07) is 6.76. The first-order chi connectivity index (χ1) is 13.7. The highest BCUT2D eigenvalue weighted by Crippen LogP contribution is 2.36. The minimum Gasteiger partial charge on any atom is -0.511 e. The van der Waals surface area contributed by atoms with Crippen LogP contribution in [0.25, 0.3) is 0 Å². The van der Waals surface area contributed by atoms with E-state index in [0.29, 0.717) is 48.2 Å². The van der Waals surface area contributed by atoms with E-state index in [1.807, 2.05) is 20.8 Å². The quantitative estimate of drug-likeness (QED) is 0.445. The number of nitrogens with zero attached hydrogens (tertiary/aromatic N) is 2. The molecule has 0 aromatic heterocycles. The maximum atomic E-state index is 12.7. The van der Waals surface area contributed by atoms with Crippen molar-refractivity contribution < 1.29 is 19.5 Å². The molecule has 6 heteroatoms. The summed E-state index contributed by atoms with van der Waals surface area (Å²) in [6.07, 6.45) is 2.50. The summed E-state index contributed by atoms with van der Waals surface area (Å²) >= 11 is 0. The summed E-state index contributed by atoms with van der Waals surface area (Å²) in [6.45, 7) is 6.89. The van der Waals surface area contributed by atoms with E-state index in [9.17, 15) is 19.5 Å². The van der Waals surface area contributed by atoms with Crippen LogP contribution < -0.4 is 0 Å². The Bertz CT molecular complexity index is 876. The highest BCUT2D eigenvalue weighted by atomic mass is 16.3. The predicted octanol–water partition coefficient (Wildman–Crippen LogP) is 4.12. The molecule has 154 valence electrons. The molecule has 1 saturated carbocycles. The van der Waals surface area contributed by atoms with Gasteiger partial charge in [0, 0.05) is 31.6 Å². The normalized spacial score (nSPS) is 21.7. The lowest BCUT2D eigenvalue weighted by molar-refractivity contribution is -0.117. The second-order valence-corrected chi connectivity index (χ2v) is 8.50. The molecule has 1 aliphatic heterocycles. The Hall–Kier alpha value is -2.76. The van der Waals surface area contributed by atoms with Gasteiger partial charge in [0.25, 0.3) is 11.8 Å². The van der Waals surface area contributed by atoms with E-state index in [1.165, 1.54) is 4.90 Å². The number of rotatable bonds is 6. The zero-order valence-electron chi connectivity index (χ0n) is 17.3. The minimum absolute atomic E-state index is 0.0111. The fourth-order valence-electron chi connectivity index (χ4n) is 3.97. The molecule has 3 rings (SSSR count). The molecule has 29 heavy (non-hydrogen) atoms. The molecule has 6 nitrogen and oxygen atoms in total. The Morgan fingerprint density at radius 1 is 1.10 bits per heavy atom. The Morgan fingerprint density at radius 2 is 1.72 bits per heavy atom. The van der Waals surface area contributed by atoms with E-state index in [1.54, 1.807) is 24.3 Å². The molecule has 1 N–H and O–H groups in total. The van der Waals surface area contributed by atoms with Crippen molar-refractivity contribution in [3.8, 4) is 0 Å². The van der Waals surface area contributed by atoms with E-state index < -0.39 is 0 Å². The van der Waals surface area contributed by atoms with Gasteiger partial charge in [0.15, 0.2) is 5.78 Å². The lowest BCUT2D eigenvalue weighted by Crippen LogP contribution is -2.33. The van der Waals surface area contributed by atoms with E-state index >= 15 is 0 Å². The van der Waals surface area contributed by atoms with Crippen molar-refractivity contribution >= 4 is 23.3 Å². The maximum Gasteiger partial charge on any atom is 0.261 e. The summed E-state index contributed by atoms with van der Waals surface area (Å²) in [5.74, 6) is -0.692. The molecule has 1 aromatic carbocycles. The van der Waals surface area contributed by atoms with E-state index in [-0.39, 0.29) is 41.7 Å². The van der Waals surface area contributed by atoms with E-state index in [4.69, 9.17) is 0 Å². The smallest absolute Gasteiger partial charge is 0.261 e. The third-order valence-electron chi connectivity index (χ3n) is 5.34. The Morgan fingerprint density at radius 3 is 2.31 bits per heavy atom. The molecule has 1 fully saturated rings. The number of carbonyl (C=O) groups is 3. The van der Waals surface area contributed by atoms with Gasteiger partial charge in [-0.1, -0.05) is 32.9 Å². The van der Waals surface area contributed by atoms with Crippen LogP contribution in [0.1, 0.15) is 73.6 Å². The van der Waals surface area contributed by atoms with Gasteiger partial charge in [-0.3, -0.25) is 24.3 Å². The van der Waals surface area contributed by atoms with Crippen molar-refractivity contribution in [2.75, 3.05) is 13.1 Å². The predicted molar refractivity (Wildman–Crippen MR) is 111 cm³/mol. The summed E-state index contributed by atoms with van der Waals surface area (Å²) in [7, 11) is 0. The largest absolute Gasteiger partial charge is 0.511 e. The third kappa shape index (κ3) is 4.31. The molecule has 0 bridgehead atoms. The lowest BCUT2D eigenvalue weighted by atomic mass is 9.73. The van der Waals surface area contributed by atoms with Crippen molar-refractivity contribution in [1.82, 2.24) is 4.90 Å². The van der Waals surface area contributed by atoms with Gasteiger partial charge in [0.2, 0.25) is 0 Å². The molecule has 0 atom stereocenters. The van der Waals surface area contributed by atoms with E-state index in [0.717, 1.165) is 6.42 Å². The SMILES string of the molecule is CCCN=C1CC(C)(C)CC(=O)C1=C(O)CCCN1C(=O)c2ccccc2C1=O. The van der Waals surface area contributed by atoms with Crippen LogP contribution >= 0.6 is 0 Å². The second kappa shape index (κ2) is 8.31. The van der Waals surface area contributed by atoms with Crippen LogP contribution in [-0.2, 0) is 4.79 Å². The number of hydrogen-bond acceptors (Lipinski definition) is 5. The molecule has 2 aliphatic rings. The number of fused-ring (bicyclic) bond motifs is 1. The van der Waals surface area contributed by atoms with Crippen LogP contribution in [0.3, 0.4) is 0 Å². The zero-order chi connectivity index (χ0) is 21.2. The lowest BCUT2D eigenvalue weighted by Gasteiger charge is -2.31. The summed E-state index contributed by atoms with van der Waals surface area (Å²) in [5.41, 5.74) is 1.66. The Balaban J connectivity index is 1.71. The molecule has 1 heterocycles. The van der Waals surface area contributed by atoms with E-state index in [2.05, 4.69) is 4.99 Å². The van der Waals surface area contributed by atoms with Crippen molar-refractivity contribution in [2.45, 2.75) is 52.9 Å². The number of allylic oxidation sites excluding steroid dienone is 2. The number of aliphatic hydroxyl groups excluding tert-OH is 1. The molecule has 0 unspecified atom stereocenters. The molecular weight excluding hydrogens is 368 g/mol. The fourth-order valence-corrected chi connectivity index (χ4v) is 3.97. The average Bonchev–Trinajstić information content (AvgIpc) is 2.90. The molecular formula is C23H28N2O4. The van der Waals surface area contributed by atoms with Crippen LogP contribution in [0.15, 0.2) is 40.6 Å². The fraction of sp³-hybridized carbons (Fsp3) is 0.478. The number of amides is 2. The van der Waals surface area contributed by atoms with Crippen LogP contribution in [0.4, 0.5) is 0 Å². The van der Waals surface area contributed by atoms with Gasteiger partial charge in [-0.25, -0.2) is 0 Å². The van der Waals surface area contributed by atoms with Gasteiger partial charge in [-0.15, -0.1) is 0 Å². The van der Waals surface area contributed by atoms with Gasteiger partial charge < -0.3 is 5.11 Å². The topological polar surface area (TPSA) is 87.0 Å². The van der Waals surface area contributed by atoms with Crippen molar-refractivity contribution in [3.63, 3.8) is 0 Å². The Labute approximate surface area is 171 Å². The molecule has 0 spiro atoms. The number of ketones is 1. The maximum absolute atomic E-state index is 12.7. The van der Waals surface area contributed by atoms with Gasteiger partial charge in [0.1, 0.15) is 5.76 Å². The average molecular weight is 396 g/mol. The number of imide groups is 1. The van der Waals surface area contributed by atoms with Gasteiger partial charge in [0.05, 0.1) is 16.7 Å². The van der Waals surface area contributed by atoms with Crippen LogP contribution in [0.5, 0.6) is 0 Å². The van der Waals surface area contributed by atoms with Crippen LogP contribution in [0.2, 0.25) is 0 Å². The third-order valence-corrected chi connectivity index (χ3v) is 5.34.